The molecule has 1 aliphatic carbocycles. The van der Waals surface area contributed by atoms with Crippen molar-refractivity contribution in [3.63, 3.8) is 0 Å². The fourth-order valence-electron chi connectivity index (χ4n) is 4.91. The zero-order chi connectivity index (χ0) is 18.9. The van der Waals surface area contributed by atoms with Crippen LogP contribution in [0.5, 0.6) is 0 Å². The second kappa shape index (κ2) is 7.63. The predicted molar refractivity (Wildman–Crippen MR) is 103 cm³/mol. The van der Waals surface area contributed by atoms with Crippen molar-refractivity contribution < 1.29 is 14.3 Å². The number of carbonyl (C=O) groups is 2. The highest BCUT2D eigenvalue weighted by molar-refractivity contribution is 5.89. The molecule has 1 spiro atoms. The SMILES string of the molecule is COC(=O)c1ccc(CN2CCC3(CCCN(CC4CCC4)C3=O)C2)cc1. The largest absolute Gasteiger partial charge is 0.465 e. The minimum absolute atomic E-state index is 0.159. The minimum atomic E-state index is -0.305. The van der Waals surface area contributed by atoms with Crippen LogP contribution < -0.4 is 0 Å². The molecule has 0 bridgehead atoms. The number of likely N-dealkylation sites (tertiary alicyclic amines) is 2. The van der Waals surface area contributed by atoms with Gasteiger partial charge in [-0.25, -0.2) is 4.79 Å². The quantitative estimate of drug-likeness (QED) is 0.748. The van der Waals surface area contributed by atoms with Gasteiger partial charge in [0, 0.05) is 26.2 Å². The summed E-state index contributed by atoms with van der Waals surface area (Å²) in [7, 11) is 1.40. The summed E-state index contributed by atoms with van der Waals surface area (Å²) in [5.41, 5.74) is 1.59. The first kappa shape index (κ1) is 18.5. The van der Waals surface area contributed by atoms with Crippen LogP contribution in [0.25, 0.3) is 0 Å². The number of piperidine rings is 1. The van der Waals surface area contributed by atoms with E-state index in [4.69, 9.17) is 4.74 Å². The Morgan fingerprint density at radius 1 is 1.15 bits per heavy atom. The number of nitrogens with zero attached hydrogens (tertiary/aromatic N) is 2. The fraction of sp³-hybridized carbons (Fsp3) is 0.636. The van der Waals surface area contributed by atoms with Gasteiger partial charge in [-0.05, 0) is 62.3 Å². The van der Waals surface area contributed by atoms with Crippen molar-refractivity contribution in [2.24, 2.45) is 11.3 Å². The lowest BCUT2D eigenvalue weighted by Gasteiger charge is -2.42. The molecule has 0 radical (unpaired) electrons. The van der Waals surface area contributed by atoms with Crippen LogP contribution in [-0.4, -0.2) is 55.0 Å². The van der Waals surface area contributed by atoms with E-state index >= 15 is 0 Å². The molecule has 1 unspecified atom stereocenters. The van der Waals surface area contributed by atoms with Crippen LogP contribution in [0.2, 0.25) is 0 Å². The smallest absolute Gasteiger partial charge is 0.337 e. The standard InChI is InChI=1S/C22H30N2O3/c1-27-20(25)19-8-6-18(7-9-19)14-23-13-11-22(16-23)10-3-12-24(21(22)26)15-17-4-2-5-17/h6-9,17H,2-5,10-16H2,1H3. The molecule has 3 aliphatic rings. The molecule has 0 N–H and O–H groups in total. The van der Waals surface area contributed by atoms with Gasteiger partial charge in [0.05, 0.1) is 18.1 Å². The van der Waals surface area contributed by atoms with E-state index < -0.39 is 0 Å². The third kappa shape index (κ3) is 3.75. The topological polar surface area (TPSA) is 49.9 Å². The lowest BCUT2D eigenvalue weighted by Crippen LogP contribution is -2.51. The first-order valence-corrected chi connectivity index (χ1v) is 10.3. The predicted octanol–water partition coefficient (Wildman–Crippen LogP) is 3.09. The van der Waals surface area contributed by atoms with Gasteiger partial charge in [-0.1, -0.05) is 18.6 Å². The first-order valence-electron chi connectivity index (χ1n) is 10.3. The van der Waals surface area contributed by atoms with Gasteiger partial charge in [-0.3, -0.25) is 9.69 Å². The van der Waals surface area contributed by atoms with Gasteiger partial charge in [-0.2, -0.15) is 0 Å². The van der Waals surface area contributed by atoms with Crippen molar-refractivity contribution in [2.75, 3.05) is 33.3 Å². The molecule has 2 aliphatic heterocycles. The summed E-state index contributed by atoms with van der Waals surface area (Å²) < 4.78 is 4.75. The van der Waals surface area contributed by atoms with Crippen LogP contribution in [0.4, 0.5) is 0 Å². The summed E-state index contributed by atoms with van der Waals surface area (Å²) in [6.07, 6.45) is 7.08. The Morgan fingerprint density at radius 2 is 1.93 bits per heavy atom. The summed E-state index contributed by atoms with van der Waals surface area (Å²) in [4.78, 5) is 29.4. The summed E-state index contributed by atoms with van der Waals surface area (Å²) in [5, 5.41) is 0. The Balaban J connectivity index is 1.37. The fourth-order valence-corrected chi connectivity index (χ4v) is 4.91. The number of rotatable bonds is 5. The Bertz CT molecular complexity index is 698. The van der Waals surface area contributed by atoms with Gasteiger partial charge in [-0.15, -0.1) is 0 Å². The van der Waals surface area contributed by atoms with Crippen LogP contribution in [0, 0.1) is 11.3 Å². The molecule has 2 saturated heterocycles. The maximum absolute atomic E-state index is 13.2. The minimum Gasteiger partial charge on any atom is -0.465 e. The Hall–Kier alpha value is -1.88. The monoisotopic (exact) mass is 370 g/mol. The Morgan fingerprint density at radius 3 is 2.59 bits per heavy atom. The second-order valence-electron chi connectivity index (χ2n) is 8.58. The average molecular weight is 370 g/mol. The number of benzene rings is 1. The summed E-state index contributed by atoms with van der Waals surface area (Å²) in [6, 6.07) is 7.61. The van der Waals surface area contributed by atoms with Crippen LogP contribution in [0.1, 0.15) is 54.4 Å². The van der Waals surface area contributed by atoms with E-state index in [1.54, 1.807) is 0 Å². The highest BCUT2D eigenvalue weighted by Gasteiger charge is 2.48. The van der Waals surface area contributed by atoms with Gasteiger partial charge < -0.3 is 9.64 Å². The van der Waals surface area contributed by atoms with Crippen molar-refractivity contribution in [3.8, 4) is 0 Å². The lowest BCUT2D eigenvalue weighted by molar-refractivity contribution is -0.146. The summed E-state index contributed by atoms with van der Waals surface area (Å²) >= 11 is 0. The van der Waals surface area contributed by atoms with E-state index in [9.17, 15) is 9.59 Å². The third-order valence-corrected chi connectivity index (χ3v) is 6.74. The number of hydrogen-bond donors (Lipinski definition) is 0. The Kier molecular flexibility index (Phi) is 5.22. The van der Waals surface area contributed by atoms with E-state index in [0.29, 0.717) is 11.5 Å². The molecule has 3 fully saturated rings. The molecule has 1 atom stereocenters. The van der Waals surface area contributed by atoms with Crippen molar-refractivity contribution in [1.29, 1.82) is 0 Å². The van der Waals surface area contributed by atoms with Crippen LogP contribution >= 0.6 is 0 Å². The summed E-state index contributed by atoms with van der Waals surface area (Å²) in [5.74, 6) is 0.847. The molecule has 27 heavy (non-hydrogen) atoms. The van der Waals surface area contributed by atoms with Crippen LogP contribution in [0.3, 0.4) is 0 Å². The number of ether oxygens (including phenoxy) is 1. The van der Waals surface area contributed by atoms with E-state index in [1.165, 1.54) is 31.9 Å². The van der Waals surface area contributed by atoms with Crippen molar-refractivity contribution >= 4 is 11.9 Å². The van der Waals surface area contributed by atoms with Gasteiger partial charge in [0.2, 0.25) is 5.91 Å². The van der Waals surface area contributed by atoms with E-state index in [-0.39, 0.29) is 11.4 Å². The highest BCUT2D eigenvalue weighted by atomic mass is 16.5. The maximum Gasteiger partial charge on any atom is 0.337 e. The Labute approximate surface area is 161 Å². The zero-order valence-corrected chi connectivity index (χ0v) is 16.3. The number of esters is 1. The van der Waals surface area contributed by atoms with Gasteiger partial charge in [0.25, 0.3) is 0 Å². The van der Waals surface area contributed by atoms with E-state index in [1.807, 2.05) is 24.3 Å². The average Bonchev–Trinajstić information content (AvgIpc) is 3.05. The van der Waals surface area contributed by atoms with E-state index in [2.05, 4.69) is 9.80 Å². The first-order chi connectivity index (χ1) is 13.1. The van der Waals surface area contributed by atoms with Crippen LogP contribution in [-0.2, 0) is 16.1 Å². The molecule has 0 aromatic heterocycles. The van der Waals surface area contributed by atoms with Gasteiger partial charge >= 0.3 is 5.97 Å². The molecule has 1 amide bonds. The molecule has 4 rings (SSSR count). The molecular weight excluding hydrogens is 340 g/mol. The van der Waals surface area contributed by atoms with E-state index in [0.717, 1.165) is 57.9 Å². The number of hydrogen-bond acceptors (Lipinski definition) is 4. The molecule has 2 heterocycles. The molecule has 1 aromatic carbocycles. The molecule has 146 valence electrons. The molecule has 5 nitrogen and oxygen atoms in total. The third-order valence-electron chi connectivity index (χ3n) is 6.74. The van der Waals surface area contributed by atoms with Crippen LogP contribution in [0.15, 0.2) is 24.3 Å². The normalized spacial score (nSPS) is 26.4. The van der Waals surface area contributed by atoms with Crippen molar-refractivity contribution in [1.82, 2.24) is 9.80 Å². The molecular formula is C22H30N2O3. The van der Waals surface area contributed by atoms with Crippen molar-refractivity contribution in [3.05, 3.63) is 35.4 Å². The second-order valence-corrected chi connectivity index (χ2v) is 8.58. The maximum atomic E-state index is 13.2. The van der Waals surface area contributed by atoms with Crippen molar-refractivity contribution in [2.45, 2.75) is 45.1 Å². The molecule has 1 aromatic rings. The number of methoxy groups -OCH3 is 1. The number of amides is 1. The zero-order valence-electron chi connectivity index (χ0n) is 16.3. The molecule has 1 saturated carbocycles. The van der Waals surface area contributed by atoms with Gasteiger partial charge in [0.15, 0.2) is 0 Å². The summed E-state index contributed by atoms with van der Waals surface area (Å²) in [6.45, 7) is 4.61. The molecule has 5 heteroatoms. The highest BCUT2D eigenvalue weighted by Crippen LogP contribution is 2.41. The van der Waals surface area contributed by atoms with Gasteiger partial charge in [0.1, 0.15) is 0 Å². The lowest BCUT2D eigenvalue weighted by atomic mass is 9.77. The number of carbonyl (C=O) groups excluding carboxylic acids is 2.